The molecule has 0 unspecified atom stereocenters. The van der Waals surface area contributed by atoms with E-state index in [-0.39, 0.29) is 16.9 Å². The Labute approximate surface area is 68.1 Å². The molecule has 0 saturated carbocycles. The number of nitrogens with two attached hydrogens (primary N) is 1. The number of anilines is 1. The first-order valence-electron chi connectivity index (χ1n) is 3.04. The summed E-state index contributed by atoms with van der Waals surface area (Å²) in [5.74, 6) is -1.11. The van der Waals surface area contributed by atoms with Gasteiger partial charge in [0.05, 0.1) is 11.3 Å². The lowest BCUT2D eigenvalue weighted by Gasteiger charge is -1.96. The molecule has 0 aliphatic heterocycles. The highest BCUT2D eigenvalue weighted by molar-refractivity contribution is 5.88. The minimum absolute atomic E-state index is 0.0218. The summed E-state index contributed by atoms with van der Waals surface area (Å²) in [4.78, 5) is 13.9. The van der Waals surface area contributed by atoms with Gasteiger partial charge in [-0.3, -0.25) is 0 Å². The van der Waals surface area contributed by atoms with Gasteiger partial charge in [0.25, 0.3) is 0 Å². The van der Waals surface area contributed by atoms with Crippen LogP contribution in [0.3, 0.4) is 0 Å². The maximum atomic E-state index is 10.4. The maximum Gasteiger partial charge on any atom is 0.337 e. The van der Waals surface area contributed by atoms with E-state index in [2.05, 4.69) is 4.98 Å². The van der Waals surface area contributed by atoms with Crippen LogP contribution in [0.1, 0.15) is 16.1 Å². The number of rotatable bonds is 1. The van der Waals surface area contributed by atoms with Crippen molar-refractivity contribution in [1.29, 1.82) is 5.26 Å². The summed E-state index contributed by atoms with van der Waals surface area (Å²) in [6, 6.07) is 2.93. The van der Waals surface area contributed by atoms with E-state index >= 15 is 0 Å². The van der Waals surface area contributed by atoms with Crippen LogP contribution in [0.2, 0.25) is 0 Å². The van der Waals surface area contributed by atoms with Crippen LogP contribution in [0, 0.1) is 11.3 Å². The Kier molecular flexibility index (Phi) is 1.92. The molecule has 0 aromatic carbocycles. The van der Waals surface area contributed by atoms with E-state index in [1.807, 2.05) is 0 Å². The van der Waals surface area contributed by atoms with Gasteiger partial charge in [0, 0.05) is 6.20 Å². The molecule has 60 valence electrons. The minimum atomic E-state index is -1.11. The number of aromatic nitrogens is 1. The summed E-state index contributed by atoms with van der Waals surface area (Å²) in [6.45, 7) is 0. The van der Waals surface area contributed by atoms with E-state index in [9.17, 15) is 4.79 Å². The molecule has 0 saturated heterocycles. The van der Waals surface area contributed by atoms with Crippen LogP contribution in [0.15, 0.2) is 12.3 Å². The Morgan fingerprint density at radius 1 is 1.75 bits per heavy atom. The van der Waals surface area contributed by atoms with E-state index in [0.717, 1.165) is 6.20 Å². The van der Waals surface area contributed by atoms with Crippen LogP contribution in [0.25, 0.3) is 0 Å². The summed E-state index contributed by atoms with van der Waals surface area (Å²) in [7, 11) is 0. The number of pyridine rings is 1. The highest BCUT2D eigenvalue weighted by Crippen LogP contribution is 2.09. The highest BCUT2D eigenvalue weighted by atomic mass is 16.4. The normalized spacial score (nSPS) is 8.92. The lowest BCUT2D eigenvalue weighted by atomic mass is 10.2. The number of aromatic carboxylic acids is 1. The Hall–Kier alpha value is -2.09. The molecule has 0 aliphatic rings. The minimum Gasteiger partial charge on any atom is -0.478 e. The molecule has 0 aliphatic carbocycles. The molecule has 1 rings (SSSR count). The van der Waals surface area contributed by atoms with Gasteiger partial charge in [-0.1, -0.05) is 0 Å². The van der Waals surface area contributed by atoms with Crippen molar-refractivity contribution >= 4 is 11.7 Å². The highest BCUT2D eigenvalue weighted by Gasteiger charge is 2.06. The third-order valence-electron chi connectivity index (χ3n) is 1.27. The number of nitriles is 1. The van der Waals surface area contributed by atoms with Crippen LogP contribution in [-0.2, 0) is 0 Å². The first-order valence-corrected chi connectivity index (χ1v) is 3.04. The molecule has 12 heavy (non-hydrogen) atoms. The Bertz CT molecular complexity index is 367. The molecular weight excluding hydrogens is 158 g/mol. The number of carboxylic acids is 1. The van der Waals surface area contributed by atoms with Crippen molar-refractivity contribution in [3.63, 3.8) is 0 Å². The number of nitrogen functional groups attached to an aromatic ring is 1. The van der Waals surface area contributed by atoms with E-state index in [4.69, 9.17) is 16.1 Å². The molecule has 1 aromatic rings. The predicted molar refractivity (Wildman–Crippen MR) is 40.3 cm³/mol. The molecule has 0 bridgehead atoms. The third kappa shape index (κ3) is 1.32. The fourth-order valence-corrected chi connectivity index (χ4v) is 0.692. The lowest BCUT2D eigenvalue weighted by molar-refractivity contribution is 0.0696. The SMILES string of the molecule is N#Cc1ncc(C(=O)O)cc1N. The monoisotopic (exact) mass is 163 g/mol. The van der Waals surface area contributed by atoms with Gasteiger partial charge >= 0.3 is 5.97 Å². The van der Waals surface area contributed by atoms with Gasteiger partial charge in [0.15, 0.2) is 5.69 Å². The molecule has 0 amide bonds. The number of hydrogen-bond donors (Lipinski definition) is 2. The smallest absolute Gasteiger partial charge is 0.337 e. The van der Waals surface area contributed by atoms with Gasteiger partial charge < -0.3 is 10.8 Å². The molecule has 1 aromatic heterocycles. The molecule has 5 nitrogen and oxygen atoms in total. The average Bonchev–Trinajstić information content (AvgIpc) is 2.04. The molecule has 0 fully saturated rings. The Morgan fingerprint density at radius 3 is 2.83 bits per heavy atom. The summed E-state index contributed by atoms with van der Waals surface area (Å²) < 4.78 is 0. The van der Waals surface area contributed by atoms with Crippen molar-refractivity contribution in [2.45, 2.75) is 0 Å². The zero-order chi connectivity index (χ0) is 9.14. The van der Waals surface area contributed by atoms with E-state index in [0.29, 0.717) is 0 Å². The predicted octanol–water partition coefficient (Wildman–Crippen LogP) is 0.234. The van der Waals surface area contributed by atoms with Gasteiger partial charge in [-0.25, -0.2) is 9.78 Å². The second-order valence-electron chi connectivity index (χ2n) is 2.08. The molecule has 0 atom stereocenters. The first-order chi connectivity index (χ1) is 5.65. The van der Waals surface area contributed by atoms with Crippen molar-refractivity contribution in [3.8, 4) is 6.07 Å². The zero-order valence-corrected chi connectivity index (χ0v) is 5.98. The van der Waals surface area contributed by atoms with Crippen molar-refractivity contribution in [2.75, 3.05) is 5.73 Å². The number of carboxylic acid groups (broad SMARTS) is 1. The van der Waals surface area contributed by atoms with E-state index in [1.165, 1.54) is 6.07 Å². The van der Waals surface area contributed by atoms with Crippen molar-refractivity contribution in [3.05, 3.63) is 23.5 Å². The van der Waals surface area contributed by atoms with E-state index in [1.54, 1.807) is 6.07 Å². The molecule has 0 radical (unpaired) electrons. The Morgan fingerprint density at radius 2 is 2.42 bits per heavy atom. The van der Waals surface area contributed by atoms with Crippen molar-refractivity contribution in [1.82, 2.24) is 4.98 Å². The quantitative estimate of drug-likeness (QED) is 0.617. The molecule has 3 N–H and O–H groups in total. The standard InChI is InChI=1S/C7H5N3O2/c8-2-6-5(9)1-4(3-10-6)7(11)12/h1,3H,9H2,(H,11,12). The first kappa shape index (κ1) is 8.01. The largest absolute Gasteiger partial charge is 0.478 e. The average molecular weight is 163 g/mol. The van der Waals surface area contributed by atoms with Gasteiger partial charge in [-0.15, -0.1) is 0 Å². The zero-order valence-electron chi connectivity index (χ0n) is 5.98. The van der Waals surface area contributed by atoms with Crippen LogP contribution >= 0.6 is 0 Å². The van der Waals surface area contributed by atoms with Crippen molar-refractivity contribution < 1.29 is 9.90 Å². The fourth-order valence-electron chi connectivity index (χ4n) is 0.692. The van der Waals surface area contributed by atoms with Gasteiger partial charge in [-0.2, -0.15) is 5.26 Å². The molecule has 5 heteroatoms. The lowest BCUT2D eigenvalue weighted by Crippen LogP contribution is -2.01. The van der Waals surface area contributed by atoms with Gasteiger partial charge in [0.1, 0.15) is 6.07 Å². The number of nitrogens with zero attached hydrogens (tertiary/aromatic N) is 2. The summed E-state index contributed by atoms with van der Waals surface area (Å²) in [6.07, 6.45) is 1.09. The van der Waals surface area contributed by atoms with Crippen LogP contribution in [0.4, 0.5) is 5.69 Å². The number of carbonyl (C=O) groups is 1. The van der Waals surface area contributed by atoms with Crippen molar-refractivity contribution in [2.24, 2.45) is 0 Å². The van der Waals surface area contributed by atoms with E-state index < -0.39 is 5.97 Å². The summed E-state index contributed by atoms with van der Waals surface area (Å²) in [5, 5.41) is 16.9. The van der Waals surface area contributed by atoms with Gasteiger partial charge in [0.2, 0.25) is 0 Å². The van der Waals surface area contributed by atoms with Crippen LogP contribution in [-0.4, -0.2) is 16.1 Å². The maximum absolute atomic E-state index is 10.4. The fraction of sp³-hybridized carbons (Fsp3) is 0. The number of hydrogen-bond acceptors (Lipinski definition) is 4. The van der Waals surface area contributed by atoms with Crippen LogP contribution in [0.5, 0.6) is 0 Å². The molecule has 0 spiro atoms. The summed E-state index contributed by atoms with van der Waals surface area (Å²) in [5.41, 5.74) is 5.42. The topological polar surface area (TPSA) is 100 Å². The second kappa shape index (κ2) is 2.88. The summed E-state index contributed by atoms with van der Waals surface area (Å²) >= 11 is 0. The Balaban J connectivity index is 3.21. The third-order valence-corrected chi connectivity index (χ3v) is 1.27. The molecule has 1 heterocycles. The van der Waals surface area contributed by atoms with Gasteiger partial charge in [-0.05, 0) is 6.07 Å². The van der Waals surface area contributed by atoms with Crippen LogP contribution < -0.4 is 5.73 Å². The molecular formula is C7H5N3O2. The second-order valence-corrected chi connectivity index (χ2v) is 2.08.